The van der Waals surface area contributed by atoms with Crippen molar-refractivity contribution in [2.45, 2.75) is 0 Å². The highest BCUT2D eigenvalue weighted by Crippen LogP contribution is 2.23. The number of aromatic nitrogens is 2. The highest BCUT2D eigenvalue weighted by atomic mass is 31.0. The van der Waals surface area contributed by atoms with E-state index < -0.39 is 0 Å². The topological polar surface area (TPSA) is 25.8 Å². The van der Waals surface area contributed by atoms with Crippen LogP contribution < -0.4 is 0 Å². The van der Waals surface area contributed by atoms with E-state index in [4.69, 9.17) is 0 Å². The molecule has 0 bridgehead atoms. The van der Waals surface area contributed by atoms with Crippen molar-refractivity contribution in [1.29, 1.82) is 0 Å². The van der Waals surface area contributed by atoms with Crippen LogP contribution in [0, 0.1) is 5.55 Å². The molecule has 0 atom stereocenters. The van der Waals surface area contributed by atoms with Crippen molar-refractivity contribution >= 4 is 19.2 Å². The molecular formula is C13H8FN2P. The lowest BCUT2D eigenvalue weighted by molar-refractivity contribution is 0.656. The molecule has 17 heavy (non-hydrogen) atoms. The molecule has 0 spiro atoms. The minimum absolute atomic E-state index is 0.150. The van der Waals surface area contributed by atoms with Crippen molar-refractivity contribution in [3.8, 4) is 11.3 Å². The molecule has 0 saturated carbocycles. The molecule has 0 amide bonds. The van der Waals surface area contributed by atoms with E-state index in [0.29, 0.717) is 8.19 Å². The fraction of sp³-hybridized carbons (Fsp3) is 0. The maximum absolute atomic E-state index is 12.9. The van der Waals surface area contributed by atoms with Crippen LogP contribution in [0.1, 0.15) is 0 Å². The Balaban J connectivity index is 2.14. The molecule has 4 heteroatoms. The van der Waals surface area contributed by atoms with Crippen LogP contribution in [0.2, 0.25) is 0 Å². The monoisotopic (exact) mass is 242 g/mol. The van der Waals surface area contributed by atoms with Crippen LogP contribution in [0.4, 0.5) is 4.39 Å². The fourth-order valence-corrected chi connectivity index (χ4v) is 2.26. The average Bonchev–Trinajstić information content (AvgIpc) is 2.39. The molecule has 0 radical (unpaired) electrons. The van der Waals surface area contributed by atoms with E-state index in [0.717, 1.165) is 22.3 Å². The molecule has 0 saturated heterocycles. The van der Waals surface area contributed by atoms with Gasteiger partial charge in [0.15, 0.2) is 0 Å². The van der Waals surface area contributed by atoms with Crippen LogP contribution in [0.25, 0.3) is 22.3 Å². The van der Waals surface area contributed by atoms with Gasteiger partial charge in [-0.1, -0.05) is 12.1 Å². The maximum Gasteiger partial charge on any atom is 0.149 e. The molecule has 82 valence electrons. The summed E-state index contributed by atoms with van der Waals surface area (Å²) in [5, 5.41) is 0. The molecule has 2 heterocycles. The normalized spacial score (nSPS) is 11.1. The van der Waals surface area contributed by atoms with Gasteiger partial charge in [-0.2, -0.15) is 0 Å². The van der Waals surface area contributed by atoms with Crippen molar-refractivity contribution in [2.24, 2.45) is 0 Å². The van der Waals surface area contributed by atoms with Gasteiger partial charge in [0.1, 0.15) is 5.55 Å². The smallest absolute Gasteiger partial charge is 0.149 e. The van der Waals surface area contributed by atoms with E-state index in [9.17, 15) is 4.39 Å². The Morgan fingerprint density at radius 2 is 1.82 bits per heavy atom. The number of benzene rings is 1. The predicted molar refractivity (Wildman–Crippen MR) is 67.4 cm³/mol. The Hall–Kier alpha value is -1.86. The zero-order chi connectivity index (χ0) is 11.7. The van der Waals surface area contributed by atoms with Gasteiger partial charge in [-0.3, -0.25) is 4.98 Å². The lowest BCUT2D eigenvalue weighted by atomic mass is 10.2. The van der Waals surface area contributed by atoms with Crippen LogP contribution in [0.15, 0.2) is 48.4 Å². The molecule has 0 unspecified atom stereocenters. The largest absolute Gasteiger partial charge is 0.252 e. The minimum Gasteiger partial charge on any atom is -0.252 e. The first-order chi connectivity index (χ1) is 8.33. The van der Waals surface area contributed by atoms with E-state index in [1.165, 1.54) is 6.07 Å². The summed E-state index contributed by atoms with van der Waals surface area (Å²) in [7, 11) is 0.576. The SMILES string of the molecule is Fc1ccc(-c2cnc3ccccc3n2)cp1. The highest BCUT2D eigenvalue weighted by Gasteiger charge is 2.02. The van der Waals surface area contributed by atoms with Crippen LogP contribution in [-0.4, -0.2) is 9.97 Å². The molecule has 0 aliphatic rings. The molecule has 0 N–H and O–H groups in total. The quantitative estimate of drug-likeness (QED) is 0.644. The maximum atomic E-state index is 12.9. The highest BCUT2D eigenvalue weighted by molar-refractivity contribution is 7.28. The Kier molecular flexibility index (Phi) is 2.54. The third-order valence-corrected chi connectivity index (χ3v) is 3.27. The number of hydrogen-bond donors (Lipinski definition) is 0. The van der Waals surface area contributed by atoms with Gasteiger partial charge in [-0.15, -0.1) is 0 Å². The summed E-state index contributed by atoms with van der Waals surface area (Å²) in [4.78, 5) is 8.84. The van der Waals surface area contributed by atoms with Crippen molar-refractivity contribution in [3.05, 3.63) is 53.9 Å². The number of para-hydroxylation sites is 2. The second-order valence-corrected chi connectivity index (χ2v) is 4.56. The van der Waals surface area contributed by atoms with E-state index in [-0.39, 0.29) is 5.55 Å². The van der Waals surface area contributed by atoms with Crippen LogP contribution in [-0.2, 0) is 0 Å². The molecule has 3 aromatic rings. The van der Waals surface area contributed by atoms with E-state index in [2.05, 4.69) is 9.97 Å². The molecule has 3 rings (SSSR count). The Morgan fingerprint density at radius 3 is 2.59 bits per heavy atom. The lowest BCUT2D eigenvalue weighted by Crippen LogP contribution is -1.87. The standard InChI is InChI=1S/C13H8FN2P/c14-13-6-5-9(8-17-13)12-7-15-10-3-1-2-4-11(10)16-12/h1-8H. The summed E-state index contributed by atoms with van der Waals surface area (Å²) >= 11 is 0. The molecule has 1 aromatic carbocycles. The van der Waals surface area contributed by atoms with Crippen LogP contribution >= 0.6 is 8.19 Å². The summed E-state index contributed by atoms with van der Waals surface area (Å²) in [6.07, 6.45) is 1.72. The second kappa shape index (κ2) is 4.19. The number of halogens is 1. The van der Waals surface area contributed by atoms with Crippen molar-refractivity contribution in [2.75, 3.05) is 0 Å². The Labute approximate surface area is 99.3 Å². The molecular weight excluding hydrogens is 234 g/mol. The summed E-state index contributed by atoms with van der Waals surface area (Å²) in [5.74, 6) is 1.80. The van der Waals surface area contributed by atoms with E-state index in [1.807, 2.05) is 24.3 Å². The Bertz CT molecular complexity index is 668. The first-order valence-electron chi connectivity index (χ1n) is 5.17. The average molecular weight is 242 g/mol. The summed E-state index contributed by atoms with van der Waals surface area (Å²) < 4.78 is 12.9. The van der Waals surface area contributed by atoms with Gasteiger partial charge in [0.2, 0.25) is 0 Å². The number of fused-ring (bicyclic) bond motifs is 1. The fourth-order valence-electron chi connectivity index (χ4n) is 1.62. The van der Waals surface area contributed by atoms with Crippen molar-refractivity contribution in [3.63, 3.8) is 0 Å². The van der Waals surface area contributed by atoms with Crippen molar-refractivity contribution in [1.82, 2.24) is 9.97 Å². The van der Waals surface area contributed by atoms with Gasteiger partial charge in [0.25, 0.3) is 0 Å². The molecule has 0 aliphatic heterocycles. The van der Waals surface area contributed by atoms with Gasteiger partial charge < -0.3 is 0 Å². The number of hydrogen-bond acceptors (Lipinski definition) is 2. The zero-order valence-electron chi connectivity index (χ0n) is 8.84. The van der Waals surface area contributed by atoms with Crippen LogP contribution in [0.5, 0.6) is 0 Å². The van der Waals surface area contributed by atoms with Gasteiger partial charge in [0.05, 0.1) is 22.9 Å². The summed E-state index contributed by atoms with van der Waals surface area (Å²) in [6.45, 7) is 0. The Morgan fingerprint density at radius 1 is 1.00 bits per heavy atom. The van der Waals surface area contributed by atoms with E-state index >= 15 is 0 Å². The van der Waals surface area contributed by atoms with Gasteiger partial charge in [-0.25, -0.2) is 9.37 Å². The summed E-state index contributed by atoms with van der Waals surface area (Å²) in [5.41, 5.74) is 3.26. The molecule has 2 aromatic heterocycles. The van der Waals surface area contributed by atoms with Gasteiger partial charge >= 0.3 is 0 Å². The minimum atomic E-state index is -0.150. The zero-order valence-corrected chi connectivity index (χ0v) is 9.73. The third kappa shape index (κ3) is 2.02. The lowest BCUT2D eigenvalue weighted by Gasteiger charge is -2.01. The van der Waals surface area contributed by atoms with Gasteiger partial charge in [-0.05, 0) is 38.3 Å². The third-order valence-electron chi connectivity index (χ3n) is 2.47. The van der Waals surface area contributed by atoms with E-state index in [1.54, 1.807) is 18.1 Å². The molecule has 0 aliphatic carbocycles. The number of nitrogens with zero attached hydrogens (tertiary/aromatic N) is 2. The summed E-state index contributed by atoms with van der Waals surface area (Å²) in [6, 6.07) is 10.9. The molecule has 0 fully saturated rings. The second-order valence-electron chi connectivity index (χ2n) is 3.61. The van der Waals surface area contributed by atoms with Crippen LogP contribution in [0.3, 0.4) is 0 Å². The first-order valence-corrected chi connectivity index (χ1v) is 6.13. The predicted octanol–water partition coefficient (Wildman–Crippen LogP) is 4.02. The number of rotatable bonds is 1. The van der Waals surface area contributed by atoms with Gasteiger partial charge in [0, 0.05) is 5.56 Å². The van der Waals surface area contributed by atoms with Crippen molar-refractivity contribution < 1.29 is 4.39 Å². The molecule has 2 nitrogen and oxygen atoms in total. The first kappa shape index (κ1) is 10.3.